The second-order valence-corrected chi connectivity index (χ2v) is 23.0. The third-order valence-corrected chi connectivity index (χ3v) is 13.1. The fraction of sp³-hybridized carbons (Fsp3) is 0.368. The monoisotopic (exact) mass is 793 g/mol. The van der Waals surface area contributed by atoms with Gasteiger partial charge in [-0.2, -0.15) is 0 Å². The van der Waals surface area contributed by atoms with Gasteiger partial charge in [0, 0.05) is 34.0 Å². The fourth-order valence-corrected chi connectivity index (χ4v) is 9.30. The number of hydrogen-bond donors (Lipinski definition) is 0. The van der Waals surface area contributed by atoms with E-state index in [0.717, 1.165) is 0 Å². The van der Waals surface area contributed by atoms with E-state index in [-0.39, 0.29) is 33.8 Å². The molecule has 2 aliphatic rings. The zero-order valence-corrected chi connectivity index (χ0v) is 39.4. The number of benzene rings is 6. The van der Waals surface area contributed by atoms with Crippen molar-refractivity contribution in [1.82, 2.24) is 0 Å². The molecule has 6 aromatic carbocycles. The Labute approximate surface area is 363 Å². The van der Waals surface area contributed by atoms with Gasteiger partial charge in [-0.05, 0) is 138 Å². The lowest BCUT2D eigenvalue weighted by molar-refractivity contribution is 0.590. The van der Waals surface area contributed by atoms with E-state index in [1.807, 2.05) is 0 Å². The summed E-state index contributed by atoms with van der Waals surface area (Å²) in [7, 11) is 0. The summed E-state index contributed by atoms with van der Waals surface area (Å²) in [6.45, 7) is 37.2. The van der Waals surface area contributed by atoms with Crippen LogP contribution in [-0.4, -0.2) is 6.71 Å². The maximum atomic E-state index is 2.61. The van der Waals surface area contributed by atoms with Crippen LogP contribution in [0, 0.1) is 6.92 Å². The maximum Gasteiger partial charge on any atom is 0.252 e. The van der Waals surface area contributed by atoms with Gasteiger partial charge in [-0.3, -0.25) is 0 Å². The number of nitrogens with zero attached hydrogens (tertiary/aromatic N) is 2. The van der Waals surface area contributed by atoms with Crippen LogP contribution >= 0.6 is 0 Å². The largest absolute Gasteiger partial charge is 0.311 e. The van der Waals surface area contributed by atoms with E-state index < -0.39 is 0 Å². The number of aryl methyl sites for hydroxylation is 1. The van der Waals surface area contributed by atoms with Crippen LogP contribution in [0.4, 0.5) is 34.1 Å². The number of rotatable bonds is 3. The predicted molar refractivity (Wildman–Crippen MR) is 264 cm³/mol. The zero-order valence-electron chi connectivity index (χ0n) is 39.4. The van der Waals surface area contributed by atoms with E-state index in [2.05, 4.69) is 236 Å². The van der Waals surface area contributed by atoms with Gasteiger partial charge in [0.05, 0.1) is 5.69 Å². The van der Waals surface area contributed by atoms with Crippen molar-refractivity contribution >= 4 is 57.2 Å². The predicted octanol–water partition coefficient (Wildman–Crippen LogP) is 14.2. The average Bonchev–Trinajstić information content (AvgIpc) is 3.15. The standard InChI is InChI=1S/C57H67BN2/c1-36-31-50-52-51(32-36)60(47-28-23-40(55(8,9)10)33-44(47)37-17-19-38(20-18-37)53(2,3)4)49-30-25-42(57(14,15)16)35-46(49)58(52)45-34-41(56(11,12)13)24-29-48(45)59(50)43-26-21-39(22-27-43)54(5,6)7/h17-35H,1-16H3/i59+1,60+1. The number of fused-ring (bicyclic) bond motifs is 4. The first-order chi connectivity index (χ1) is 27.8. The molecule has 3 heteroatoms. The third kappa shape index (κ3) is 7.31. The Morgan fingerprint density at radius 1 is 0.350 bits per heavy atom. The summed E-state index contributed by atoms with van der Waals surface area (Å²) in [6.07, 6.45) is 0. The second-order valence-electron chi connectivity index (χ2n) is 23.0. The van der Waals surface area contributed by atoms with Crippen LogP contribution in [0.1, 0.15) is 137 Å². The molecular weight excluding hydrogens is 725 g/mol. The molecule has 2 aliphatic heterocycles. The van der Waals surface area contributed by atoms with Gasteiger partial charge in [-0.25, -0.2) is 0 Å². The van der Waals surface area contributed by atoms with Crippen LogP contribution < -0.4 is 26.2 Å². The highest BCUT2D eigenvalue weighted by Gasteiger charge is 2.44. The van der Waals surface area contributed by atoms with Crippen LogP contribution in [0.15, 0.2) is 115 Å². The summed E-state index contributed by atoms with van der Waals surface area (Å²) < 4.78 is 0. The first-order valence-electron chi connectivity index (χ1n) is 22.2. The van der Waals surface area contributed by atoms with Gasteiger partial charge >= 0.3 is 0 Å². The summed E-state index contributed by atoms with van der Waals surface area (Å²) in [4.78, 5) is 5.17. The van der Waals surface area contributed by atoms with Gasteiger partial charge in [0.15, 0.2) is 0 Å². The van der Waals surface area contributed by atoms with Crippen molar-refractivity contribution in [3.05, 3.63) is 149 Å². The Balaban J connectivity index is 1.48. The summed E-state index contributed by atoms with van der Waals surface area (Å²) in [5.41, 5.74) is 22.1. The minimum Gasteiger partial charge on any atom is -0.311 e. The number of hydrogen-bond acceptors (Lipinski definition) is 2. The third-order valence-electron chi connectivity index (χ3n) is 13.1. The zero-order chi connectivity index (χ0) is 43.5. The van der Waals surface area contributed by atoms with Crippen LogP contribution in [0.25, 0.3) is 11.1 Å². The fourth-order valence-electron chi connectivity index (χ4n) is 9.30. The molecule has 0 aromatic heterocycles. The molecule has 0 N–H and O–H groups in total. The highest BCUT2D eigenvalue weighted by molar-refractivity contribution is 7.00. The molecule has 2 nitrogen and oxygen atoms in total. The van der Waals surface area contributed by atoms with Gasteiger partial charge in [0.25, 0.3) is 6.71 Å². The molecule has 2 heterocycles. The van der Waals surface area contributed by atoms with Crippen LogP contribution in [-0.2, 0) is 27.1 Å². The molecule has 0 saturated heterocycles. The minimum absolute atomic E-state index is 0.00632. The Hall–Kier alpha value is -5.02. The van der Waals surface area contributed by atoms with Crippen LogP contribution in [0.3, 0.4) is 0 Å². The Morgan fingerprint density at radius 3 is 1.17 bits per heavy atom. The van der Waals surface area contributed by atoms with Gasteiger partial charge in [-0.1, -0.05) is 171 Å². The summed E-state index contributed by atoms with van der Waals surface area (Å²) in [6, 6.07) is 45.5. The van der Waals surface area contributed by atoms with E-state index >= 15 is 0 Å². The summed E-state index contributed by atoms with van der Waals surface area (Å²) >= 11 is 0. The van der Waals surface area contributed by atoms with Crippen molar-refractivity contribution in [3.63, 3.8) is 0 Å². The lowest BCUT2D eigenvalue weighted by Crippen LogP contribution is -2.61. The van der Waals surface area contributed by atoms with Crippen molar-refractivity contribution in [1.29, 1.82) is 0 Å². The lowest BCUT2D eigenvalue weighted by Gasteiger charge is -2.45. The maximum absolute atomic E-state index is 2.61. The van der Waals surface area contributed by atoms with Gasteiger partial charge in [0.1, 0.15) is 0 Å². The average molecular weight is 793 g/mol. The molecule has 0 radical (unpaired) electrons. The van der Waals surface area contributed by atoms with E-state index in [0.29, 0.717) is 0 Å². The summed E-state index contributed by atoms with van der Waals surface area (Å²) in [5, 5.41) is 0. The normalized spacial score (nSPS) is 14.2. The molecule has 308 valence electrons. The van der Waals surface area contributed by atoms with Crippen molar-refractivity contribution in [2.24, 2.45) is 0 Å². The van der Waals surface area contributed by atoms with E-state index in [9.17, 15) is 0 Å². The molecule has 0 spiro atoms. The quantitative estimate of drug-likeness (QED) is 0.130. The highest BCUT2D eigenvalue weighted by atomic mass is 15.9. The molecule has 0 atom stereocenters. The molecule has 0 saturated carbocycles. The lowest BCUT2D eigenvalue weighted by atomic mass is 9.34. The summed E-state index contributed by atoms with van der Waals surface area (Å²) in [5.74, 6) is 0. The molecule has 8 rings (SSSR count). The Bertz CT molecular complexity index is 2610. The van der Waals surface area contributed by atoms with Crippen molar-refractivity contribution in [2.75, 3.05) is 9.80 Å². The molecule has 0 unspecified atom stereocenters. The van der Waals surface area contributed by atoms with Crippen LogP contribution in [0.2, 0.25) is 0 Å². The molecule has 0 aliphatic carbocycles. The van der Waals surface area contributed by atoms with E-state index in [1.54, 1.807) is 0 Å². The van der Waals surface area contributed by atoms with E-state index in [4.69, 9.17) is 0 Å². The Morgan fingerprint density at radius 2 is 0.717 bits per heavy atom. The molecule has 6 aromatic rings. The van der Waals surface area contributed by atoms with E-state index in [1.165, 1.54) is 95.0 Å². The topological polar surface area (TPSA) is 6.48 Å². The molecular formula is C57H67BN2. The first kappa shape index (κ1) is 41.7. The SMILES string of the molecule is Cc1cc2c3c(c1)[15N](c1ccc(C(C)(C)C)cc1-c1ccc(C(C)(C)C)cc1)c1ccc(C(C)(C)C)cc1B3c1cc(C(C)(C)C)ccc1[15N]2c1ccc(C(C)(C)C)cc1. The highest BCUT2D eigenvalue weighted by Crippen LogP contribution is 2.48. The molecule has 60 heavy (non-hydrogen) atoms. The van der Waals surface area contributed by atoms with Gasteiger partial charge in [-0.15, -0.1) is 0 Å². The first-order valence-corrected chi connectivity index (χ1v) is 22.2. The van der Waals surface area contributed by atoms with Crippen LogP contribution in [0.5, 0.6) is 0 Å². The van der Waals surface area contributed by atoms with Crippen molar-refractivity contribution in [2.45, 2.75) is 138 Å². The van der Waals surface area contributed by atoms with Gasteiger partial charge < -0.3 is 9.80 Å². The Kier molecular flexibility index (Phi) is 9.74. The molecule has 0 amide bonds. The van der Waals surface area contributed by atoms with Crippen molar-refractivity contribution < 1.29 is 0 Å². The minimum atomic E-state index is -0.0177. The smallest absolute Gasteiger partial charge is 0.252 e. The number of anilines is 6. The second kappa shape index (κ2) is 14.0. The molecule has 0 fully saturated rings. The van der Waals surface area contributed by atoms with Crippen molar-refractivity contribution in [3.8, 4) is 11.1 Å². The van der Waals surface area contributed by atoms with Gasteiger partial charge in [0.2, 0.25) is 0 Å². The molecule has 0 bridgehead atoms.